The molecule has 0 aliphatic heterocycles. The van der Waals surface area contributed by atoms with E-state index >= 15 is 0 Å². The summed E-state index contributed by atoms with van der Waals surface area (Å²) in [6.07, 6.45) is -1.55. The van der Waals surface area contributed by atoms with Crippen molar-refractivity contribution >= 4 is 11.9 Å². The van der Waals surface area contributed by atoms with Gasteiger partial charge in [0.1, 0.15) is 0 Å². The molecule has 0 saturated carbocycles. The van der Waals surface area contributed by atoms with Crippen LogP contribution >= 0.6 is 0 Å². The standard InChI is InChI=1S/C13H13NO5/c1-19-10(15)6-5-8-3-2-4-9(7-14)11(8)12(16)13(17)18/h2-4,12,16H,5-6H2,1H3,(H,17,18). The summed E-state index contributed by atoms with van der Waals surface area (Å²) >= 11 is 0. The number of aliphatic carboxylic acids is 1. The summed E-state index contributed by atoms with van der Waals surface area (Å²) in [5.74, 6) is -1.89. The van der Waals surface area contributed by atoms with Crippen LogP contribution in [-0.2, 0) is 20.7 Å². The van der Waals surface area contributed by atoms with E-state index in [2.05, 4.69) is 4.74 Å². The van der Waals surface area contributed by atoms with Gasteiger partial charge in [0.15, 0.2) is 6.10 Å². The van der Waals surface area contributed by atoms with Crippen molar-refractivity contribution in [1.29, 1.82) is 5.26 Å². The number of rotatable bonds is 5. The van der Waals surface area contributed by atoms with Crippen molar-refractivity contribution in [3.8, 4) is 6.07 Å². The van der Waals surface area contributed by atoms with Crippen LogP contribution in [0.4, 0.5) is 0 Å². The molecule has 0 amide bonds. The number of aryl methyl sites for hydroxylation is 1. The highest BCUT2D eigenvalue weighted by Gasteiger charge is 2.23. The molecule has 0 heterocycles. The minimum atomic E-state index is -1.79. The Labute approximate surface area is 109 Å². The quantitative estimate of drug-likeness (QED) is 0.760. The van der Waals surface area contributed by atoms with Gasteiger partial charge in [-0.1, -0.05) is 12.1 Å². The number of carbonyl (C=O) groups is 2. The van der Waals surface area contributed by atoms with Gasteiger partial charge in [-0.15, -0.1) is 0 Å². The van der Waals surface area contributed by atoms with Gasteiger partial charge in [0.05, 0.1) is 18.7 Å². The molecule has 6 heteroatoms. The molecule has 0 aliphatic rings. The predicted molar refractivity (Wildman–Crippen MR) is 64.1 cm³/mol. The lowest BCUT2D eigenvalue weighted by Crippen LogP contribution is -2.15. The molecule has 1 rings (SSSR count). The van der Waals surface area contributed by atoms with Gasteiger partial charge in [0, 0.05) is 12.0 Å². The number of carboxylic acids is 1. The Bertz CT molecular complexity index is 532. The first kappa shape index (κ1) is 14.7. The first-order valence-corrected chi connectivity index (χ1v) is 5.50. The first-order valence-electron chi connectivity index (χ1n) is 5.50. The van der Waals surface area contributed by atoms with E-state index in [1.807, 2.05) is 6.07 Å². The molecule has 0 spiro atoms. The summed E-state index contributed by atoms with van der Waals surface area (Å²) in [7, 11) is 1.25. The highest BCUT2D eigenvalue weighted by Crippen LogP contribution is 2.24. The van der Waals surface area contributed by atoms with E-state index in [1.165, 1.54) is 13.2 Å². The third kappa shape index (κ3) is 3.53. The minimum Gasteiger partial charge on any atom is -0.479 e. The van der Waals surface area contributed by atoms with Crippen LogP contribution < -0.4 is 0 Å². The molecule has 1 aromatic rings. The maximum absolute atomic E-state index is 11.1. The second-order valence-electron chi connectivity index (χ2n) is 3.81. The molecule has 100 valence electrons. The van der Waals surface area contributed by atoms with Gasteiger partial charge >= 0.3 is 11.9 Å². The topological polar surface area (TPSA) is 108 Å². The van der Waals surface area contributed by atoms with Crippen LogP contribution in [0.3, 0.4) is 0 Å². The number of carbonyl (C=O) groups excluding carboxylic acids is 1. The zero-order valence-corrected chi connectivity index (χ0v) is 10.3. The number of esters is 1. The lowest BCUT2D eigenvalue weighted by molar-refractivity contribution is -0.147. The third-order valence-electron chi connectivity index (χ3n) is 2.65. The van der Waals surface area contributed by atoms with E-state index in [1.54, 1.807) is 12.1 Å². The highest BCUT2D eigenvalue weighted by molar-refractivity contribution is 5.76. The van der Waals surface area contributed by atoms with Gasteiger partial charge in [-0.05, 0) is 18.1 Å². The van der Waals surface area contributed by atoms with E-state index in [9.17, 15) is 14.7 Å². The number of nitriles is 1. The van der Waals surface area contributed by atoms with Gasteiger partial charge in [0.25, 0.3) is 0 Å². The smallest absolute Gasteiger partial charge is 0.337 e. The number of hydrogen-bond acceptors (Lipinski definition) is 5. The Morgan fingerprint density at radius 1 is 1.47 bits per heavy atom. The van der Waals surface area contributed by atoms with Crippen molar-refractivity contribution in [2.24, 2.45) is 0 Å². The van der Waals surface area contributed by atoms with Gasteiger partial charge in [0.2, 0.25) is 0 Å². The molecule has 0 saturated heterocycles. The second-order valence-corrected chi connectivity index (χ2v) is 3.81. The van der Waals surface area contributed by atoms with Crippen molar-refractivity contribution in [1.82, 2.24) is 0 Å². The molecular weight excluding hydrogens is 250 g/mol. The summed E-state index contributed by atoms with van der Waals surface area (Å²) in [6.45, 7) is 0. The third-order valence-corrected chi connectivity index (χ3v) is 2.65. The van der Waals surface area contributed by atoms with Crippen LogP contribution in [-0.4, -0.2) is 29.3 Å². The summed E-state index contributed by atoms with van der Waals surface area (Å²) in [6, 6.07) is 6.40. The molecule has 6 nitrogen and oxygen atoms in total. The van der Waals surface area contributed by atoms with E-state index in [-0.39, 0.29) is 24.0 Å². The summed E-state index contributed by atoms with van der Waals surface area (Å²) in [5.41, 5.74) is 0.554. The number of hydrogen-bond donors (Lipinski definition) is 2. The SMILES string of the molecule is COC(=O)CCc1cccc(C#N)c1C(O)C(=O)O. The number of nitrogens with zero attached hydrogens (tertiary/aromatic N) is 1. The van der Waals surface area contributed by atoms with E-state index in [0.29, 0.717) is 5.56 Å². The average molecular weight is 263 g/mol. The molecule has 1 aromatic carbocycles. The number of ether oxygens (including phenoxy) is 1. The summed E-state index contributed by atoms with van der Waals surface area (Å²) < 4.78 is 4.49. The van der Waals surface area contributed by atoms with Crippen molar-refractivity contribution in [3.05, 3.63) is 34.9 Å². The number of carboxylic acid groups (broad SMARTS) is 1. The normalized spacial score (nSPS) is 11.4. The maximum Gasteiger partial charge on any atom is 0.337 e. The van der Waals surface area contributed by atoms with Gasteiger partial charge in [-0.3, -0.25) is 4.79 Å². The molecule has 1 atom stereocenters. The lowest BCUT2D eigenvalue weighted by atomic mass is 9.94. The Kier molecular flexibility index (Phi) is 5.03. The molecule has 2 N–H and O–H groups in total. The molecule has 1 unspecified atom stereocenters. The maximum atomic E-state index is 11.1. The van der Waals surface area contributed by atoms with E-state index < -0.39 is 18.0 Å². The molecule has 0 aromatic heterocycles. The van der Waals surface area contributed by atoms with Crippen LogP contribution in [0.5, 0.6) is 0 Å². The Hall–Kier alpha value is -2.39. The average Bonchev–Trinajstić information content (AvgIpc) is 2.43. The van der Waals surface area contributed by atoms with Crippen LogP contribution in [0.2, 0.25) is 0 Å². The number of aliphatic hydroxyl groups is 1. The van der Waals surface area contributed by atoms with E-state index in [4.69, 9.17) is 10.4 Å². The fraction of sp³-hybridized carbons (Fsp3) is 0.308. The van der Waals surface area contributed by atoms with Crippen molar-refractivity contribution in [3.63, 3.8) is 0 Å². The zero-order chi connectivity index (χ0) is 14.4. The fourth-order valence-electron chi connectivity index (χ4n) is 1.71. The van der Waals surface area contributed by atoms with Crippen molar-refractivity contribution in [2.45, 2.75) is 18.9 Å². The lowest BCUT2D eigenvalue weighted by Gasteiger charge is -2.13. The number of benzene rings is 1. The highest BCUT2D eigenvalue weighted by atomic mass is 16.5. The molecular formula is C13H13NO5. The second kappa shape index (κ2) is 6.52. The van der Waals surface area contributed by atoms with Gasteiger partial charge in [-0.25, -0.2) is 4.79 Å². The van der Waals surface area contributed by atoms with Gasteiger partial charge < -0.3 is 14.9 Å². The summed E-state index contributed by atoms with van der Waals surface area (Å²) in [4.78, 5) is 22.0. The summed E-state index contributed by atoms with van der Waals surface area (Å²) in [5, 5.41) is 27.4. The van der Waals surface area contributed by atoms with Crippen LogP contribution in [0.15, 0.2) is 18.2 Å². The first-order chi connectivity index (χ1) is 9.01. The minimum absolute atomic E-state index is 0.0291. The zero-order valence-electron chi connectivity index (χ0n) is 10.3. The van der Waals surface area contributed by atoms with Crippen molar-refractivity contribution in [2.75, 3.05) is 7.11 Å². The molecule has 0 aliphatic carbocycles. The predicted octanol–water partition coefficient (Wildman–Crippen LogP) is 0.782. The molecule has 0 bridgehead atoms. The Morgan fingerprint density at radius 2 is 2.16 bits per heavy atom. The number of methoxy groups -OCH3 is 1. The van der Waals surface area contributed by atoms with Crippen LogP contribution in [0, 0.1) is 11.3 Å². The van der Waals surface area contributed by atoms with Crippen LogP contribution in [0.1, 0.15) is 29.2 Å². The molecule has 19 heavy (non-hydrogen) atoms. The molecule has 0 fully saturated rings. The van der Waals surface area contributed by atoms with E-state index in [0.717, 1.165) is 0 Å². The largest absolute Gasteiger partial charge is 0.479 e. The Balaban J connectivity index is 3.13. The number of aliphatic hydroxyl groups excluding tert-OH is 1. The molecule has 0 radical (unpaired) electrons. The van der Waals surface area contributed by atoms with Gasteiger partial charge in [-0.2, -0.15) is 5.26 Å². The fourth-order valence-corrected chi connectivity index (χ4v) is 1.71. The monoisotopic (exact) mass is 263 g/mol. The van der Waals surface area contributed by atoms with Crippen LogP contribution in [0.25, 0.3) is 0 Å². The van der Waals surface area contributed by atoms with Crippen molar-refractivity contribution < 1.29 is 24.5 Å². The Morgan fingerprint density at radius 3 is 2.68 bits per heavy atom.